The topological polar surface area (TPSA) is 37.3 Å². The van der Waals surface area contributed by atoms with Gasteiger partial charge in [-0.15, -0.1) is 11.6 Å². The zero-order valence-corrected chi connectivity index (χ0v) is 10.2. The van der Waals surface area contributed by atoms with Gasteiger partial charge >= 0.3 is 0 Å². The summed E-state index contributed by atoms with van der Waals surface area (Å²) in [5, 5.41) is 10.6. The second-order valence-corrected chi connectivity index (χ2v) is 6.04. The van der Waals surface area contributed by atoms with Crippen LogP contribution in [-0.4, -0.2) is 21.9 Å². The molecule has 2 aliphatic carbocycles. The summed E-state index contributed by atoms with van der Waals surface area (Å²) in [6.07, 6.45) is 4.57. The molecule has 2 nitrogen and oxygen atoms in total. The number of hydrogen-bond donors (Lipinski definition) is 1. The summed E-state index contributed by atoms with van der Waals surface area (Å²) in [6.45, 7) is 3.67. The number of aliphatic hydroxyl groups is 1. The summed E-state index contributed by atoms with van der Waals surface area (Å²) in [6, 6.07) is 0. The highest BCUT2D eigenvalue weighted by Crippen LogP contribution is 2.58. The number of alkyl halides is 1. The van der Waals surface area contributed by atoms with Gasteiger partial charge in [0.2, 0.25) is 0 Å². The fourth-order valence-electron chi connectivity index (χ4n) is 3.65. The molecule has 2 rings (SSSR count). The predicted molar refractivity (Wildman–Crippen MR) is 60.0 cm³/mol. The first-order valence-corrected chi connectivity index (χ1v) is 6.21. The maximum Gasteiger partial charge on any atom is 0.137 e. The van der Waals surface area contributed by atoms with Gasteiger partial charge in [0.05, 0.1) is 11.5 Å². The van der Waals surface area contributed by atoms with Crippen LogP contribution in [0.2, 0.25) is 0 Å². The van der Waals surface area contributed by atoms with Crippen LogP contribution in [0.1, 0.15) is 46.0 Å². The molecule has 0 aromatic rings. The molecular formula is C12H19ClO2. The maximum atomic E-state index is 11.7. The Morgan fingerprint density at radius 3 is 2.67 bits per heavy atom. The van der Waals surface area contributed by atoms with E-state index in [2.05, 4.69) is 6.92 Å². The first-order chi connectivity index (χ1) is 6.91. The van der Waals surface area contributed by atoms with Crippen molar-refractivity contribution in [1.82, 2.24) is 0 Å². The highest BCUT2D eigenvalue weighted by Gasteiger charge is 2.60. The highest BCUT2D eigenvalue weighted by molar-refractivity contribution is 6.22. The summed E-state index contributed by atoms with van der Waals surface area (Å²) in [5.41, 5.74) is -0.932. The van der Waals surface area contributed by atoms with Gasteiger partial charge in [-0.25, -0.2) is 0 Å². The standard InChI is InChI=1S/C12H19ClO2/c1-8(14)10-9(13)4-7-11(2)5-3-6-12(10,11)15/h9-10,15H,3-7H2,1-2H3/t9-,10+,11+,12+/m0/s1. The molecule has 0 amide bonds. The molecule has 2 saturated carbocycles. The van der Waals surface area contributed by atoms with Crippen molar-refractivity contribution < 1.29 is 9.90 Å². The van der Waals surface area contributed by atoms with E-state index < -0.39 is 5.60 Å². The molecule has 0 heterocycles. The van der Waals surface area contributed by atoms with E-state index in [-0.39, 0.29) is 22.5 Å². The van der Waals surface area contributed by atoms with Gasteiger partial charge in [-0.3, -0.25) is 4.79 Å². The zero-order valence-electron chi connectivity index (χ0n) is 9.42. The summed E-state index contributed by atoms with van der Waals surface area (Å²) in [4.78, 5) is 11.7. The van der Waals surface area contributed by atoms with Gasteiger partial charge in [0.15, 0.2) is 0 Å². The van der Waals surface area contributed by atoms with Crippen LogP contribution in [0.5, 0.6) is 0 Å². The number of carbonyl (C=O) groups excluding carboxylic acids is 1. The third-order valence-corrected chi connectivity index (χ3v) is 5.09. The van der Waals surface area contributed by atoms with Crippen LogP contribution in [0, 0.1) is 11.3 Å². The number of fused-ring (bicyclic) bond motifs is 1. The van der Waals surface area contributed by atoms with Crippen molar-refractivity contribution in [2.75, 3.05) is 0 Å². The molecule has 0 aromatic carbocycles. The Morgan fingerprint density at radius 1 is 1.40 bits per heavy atom. The molecule has 0 bridgehead atoms. The lowest BCUT2D eigenvalue weighted by atomic mass is 9.60. The molecule has 0 unspecified atom stereocenters. The van der Waals surface area contributed by atoms with Gasteiger partial charge in [0.1, 0.15) is 5.78 Å². The minimum absolute atomic E-state index is 0.0466. The third kappa shape index (κ3) is 1.45. The van der Waals surface area contributed by atoms with E-state index in [1.807, 2.05) is 0 Å². The van der Waals surface area contributed by atoms with Crippen LogP contribution >= 0.6 is 11.6 Å². The largest absolute Gasteiger partial charge is 0.389 e. The Hall–Kier alpha value is -0.0800. The number of carbonyl (C=O) groups is 1. The number of rotatable bonds is 1. The van der Waals surface area contributed by atoms with Crippen molar-refractivity contribution in [3.8, 4) is 0 Å². The van der Waals surface area contributed by atoms with Gasteiger partial charge in [-0.2, -0.15) is 0 Å². The zero-order chi connectivity index (χ0) is 11.3. The number of hydrogen-bond acceptors (Lipinski definition) is 2. The summed E-state index contributed by atoms with van der Waals surface area (Å²) in [5.74, 6) is -0.314. The Kier molecular flexibility index (Phi) is 2.63. The Balaban J connectivity index is 2.39. The fourth-order valence-corrected chi connectivity index (χ4v) is 4.15. The van der Waals surface area contributed by atoms with Crippen molar-refractivity contribution >= 4 is 17.4 Å². The minimum atomic E-state index is -0.844. The van der Waals surface area contributed by atoms with E-state index in [1.165, 1.54) is 0 Å². The molecule has 0 radical (unpaired) electrons. The molecule has 4 atom stereocenters. The van der Waals surface area contributed by atoms with Crippen molar-refractivity contribution in [3.05, 3.63) is 0 Å². The van der Waals surface area contributed by atoms with E-state index in [4.69, 9.17) is 11.6 Å². The van der Waals surface area contributed by atoms with Gasteiger partial charge < -0.3 is 5.11 Å². The summed E-state index contributed by atoms with van der Waals surface area (Å²) >= 11 is 6.22. The van der Waals surface area contributed by atoms with Crippen molar-refractivity contribution in [2.45, 2.75) is 56.9 Å². The molecule has 86 valence electrons. The molecule has 0 aliphatic heterocycles. The van der Waals surface area contributed by atoms with Crippen LogP contribution in [0.15, 0.2) is 0 Å². The molecule has 0 aromatic heterocycles. The molecule has 15 heavy (non-hydrogen) atoms. The number of Topliss-reactive ketones (excluding diaryl/α,β-unsaturated/α-hetero) is 1. The van der Waals surface area contributed by atoms with Crippen LogP contribution < -0.4 is 0 Å². The van der Waals surface area contributed by atoms with E-state index in [0.29, 0.717) is 0 Å². The monoisotopic (exact) mass is 230 g/mol. The lowest BCUT2D eigenvalue weighted by Gasteiger charge is -2.50. The van der Waals surface area contributed by atoms with E-state index in [1.54, 1.807) is 6.92 Å². The predicted octanol–water partition coefficient (Wildman–Crippen LogP) is 2.51. The van der Waals surface area contributed by atoms with Crippen LogP contribution in [0.25, 0.3) is 0 Å². The highest BCUT2D eigenvalue weighted by atomic mass is 35.5. The lowest BCUT2D eigenvalue weighted by Crippen LogP contribution is -2.57. The van der Waals surface area contributed by atoms with Gasteiger partial charge in [0.25, 0.3) is 0 Å². The van der Waals surface area contributed by atoms with E-state index in [0.717, 1.165) is 32.1 Å². The molecule has 0 saturated heterocycles. The fraction of sp³-hybridized carbons (Fsp3) is 0.917. The minimum Gasteiger partial charge on any atom is -0.389 e. The summed E-state index contributed by atoms with van der Waals surface area (Å²) < 4.78 is 0. The molecule has 2 aliphatic rings. The molecule has 1 N–H and O–H groups in total. The average Bonchev–Trinajstić information content (AvgIpc) is 2.41. The SMILES string of the molecule is CC(=O)[C@@H]1[C@@H](Cl)CC[C@@]2(C)CCC[C@@]12O. The van der Waals surface area contributed by atoms with Crippen molar-refractivity contribution in [1.29, 1.82) is 0 Å². The molecule has 2 fully saturated rings. The lowest BCUT2D eigenvalue weighted by molar-refractivity contribution is -0.151. The Morgan fingerprint density at radius 2 is 2.07 bits per heavy atom. The third-order valence-electron chi connectivity index (χ3n) is 4.62. The average molecular weight is 231 g/mol. The summed E-state index contributed by atoms with van der Waals surface area (Å²) in [7, 11) is 0. The Labute approximate surface area is 96.0 Å². The molecule has 3 heteroatoms. The second-order valence-electron chi connectivity index (χ2n) is 5.48. The second kappa shape index (κ2) is 3.46. The van der Waals surface area contributed by atoms with Gasteiger partial charge in [-0.05, 0) is 44.4 Å². The first-order valence-electron chi connectivity index (χ1n) is 5.78. The van der Waals surface area contributed by atoms with Gasteiger partial charge in [0, 0.05) is 5.38 Å². The van der Waals surface area contributed by atoms with Gasteiger partial charge in [-0.1, -0.05) is 6.92 Å². The van der Waals surface area contributed by atoms with Crippen LogP contribution in [0.3, 0.4) is 0 Å². The van der Waals surface area contributed by atoms with Crippen LogP contribution in [0.4, 0.5) is 0 Å². The quantitative estimate of drug-likeness (QED) is 0.703. The molecular weight excluding hydrogens is 212 g/mol. The van der Waals surface area contributed by atoms with E-state index in [9.17, 15) is 9.90 Å². The normalized spacial score (nSPS) is 50.1. The first kappa shape index (κ1) is 11.4. The van der Waals surface area contributed by atoms with Crippen molar-refractivity contribution in [2.24, 2.45) is 11.3 Å². The number of ketones is 1. The Bertz CT molecular complexity index is 291. The smallest absolute Gasteiger partial charge is 0.137 e. The molecule has 0 spiro atoms. The maximum absolute atomic E-state index is 11.7. The van der Waals surface area contributed by atoms with Crippen LogP contribution in [-0.2, 0) is 4.79 Å². The number of halogens is 1. The van der Waals surface area contributed by atoms with E-state index >= 15 is 0 Å². The van der Waals surface area contributed by atoms with Crippen molar-refractivity contribution in [3.63, 3.8) is 0 Å².